The van der Waals surface area contributed by atoms with Crippen LogP contribution in [0.5, 0.6) is 0 Å². The average molecular weight is 739 g/mol. The first-order valence-corrected chi connectivity index (χ1v) is 19.5. The minimum absolute atomic E-state index is 0. The average Bonchev–Trinajstić information content (AvgIpc) is 2.93. The van der Waals surface area contributed by atoms with Gasteiger partial charge in [-0.3, -0.25) is 0 Å². The third kappa shape index (κ3) is 8.11. The summed E-state index contributed by atoms with van der Waals surface area (Å²) >= 11 is 0. The van der Waals surface area contributed by atoms with E-state index in [1.165, 1.54) is 26.8 Å². The van der Waals surface area contributed by atoms with E-state index in [9.17, 15) is 0 Å². The maximum absolute atomic E-state index is 4.70. The maximum atomic E-state index is 4.70. The summed E-state index contributed by atoms with van der Waals surface area (Å²) in [6.07, 6.45) is 10.8. The molecule has 0 amide bonds. The molecule has 2 heterocycles. The number of hydrogen-bond donors (Lipinski definition) is 0. The van der Waals surface area contributed by atoms with Gasteiger partial charge in [0.1, 0.15) is 0 Å². The zero-order chi connectivity index (χ0) is 28.0. The van der Waals surface area contributed by atoms with Crippen molar-refractivity contribution in [3.63, 3.8) is 0 Å². The van der Waals surface area contributed by atoms with Crippen molar-refractivity contribution < 1.29 is 20.1 Å². The summed E-state index contributed by atoms with van der Waals surface area (Å²) in [5.41, 5.74) is 7.97. The molecule has 0 atom stereocenters. The zero-order valence-corrected chi connectivity index (χ0v) is 28.7. The van der Waals surface area contributed by atoms with Gasteiger partial charge in [-0.1, -0.05) is 67.3 Å². The van der Waals surface area contributed by atoms with Gasteiger partial charge in [0.25, 0.3) is 0 Å². The second kappa shape index (κ2) is 13.7. The van der Waals surface area contributed by atoms with Gasteiger partial charge in [-0.15, -0.1) is 71.3 Å². The van der Waals surface area contributed by atoms with Crippen LogP contribution in [0.15, 0.2) is 108 Å². The van der Waals surface area contributed by atoms with Crippen molar-refractivity contribution >= 4 is 23.3 Å². The Hall–Kier alpha value is -2.82. The number of pyridine rings is 2. The largest absolute Gasteiger partial charge is 0.305 e. The predicted molar refractivity (Wildman–Crippen MR) is 174 cm³/mol. The summed E-state index contributed by atoms with van der Waals surface area (Å²) in [6.45, 7) is 9.21. The minimum Gasteiger partial charge on any atom is -0.305 e. The number of aryl methyl sites for hydroxylation is 1. The van der Waals surface area contributed by atoms with Gasteiger partial charge in [0.2, 0.25) is 0 Å². The fourth-order valence-electron chi connectivity index (χ4n) is 4.52. The fourth-order valence-corrected chi connectivity index (χ4v) is 7.42. The third-order valence-corrected chi connectivity index (χ3v) is 10.3. The van der Waals surface area contributed by atoms with E-state index in [-0.39, 0.29) is 20.1 Å². The molecule has 209 valence electrons. The van der Waals surface area contributed by atoms with Crippen molar-refractivity contribution in [2.45, 2.75) is 31.5 Å². The van der Waals surface area contributed by atoms with Crippen LogP contribution in [0.1, 0.15) is 5.56 Å². The normalized spacial score (nSPS) is 11.6. The third-order valence-electron chi connectivity index (χ3n) is 6.49. The van der Waals surface area contributed by atoms with E-state index in [1.54, 1.807) is 0 Å². The Morgan fingerprint density at radius 3 is 2.02 bits per heavy atom. The standard InChI is InChI=1S/C21H22NS.C14H16NSi.Ir/c1-16-13-20(22-15-21(16)23(2,3)4)19-12-8-11-18(14-19)17-9-6-5-7-10-17;1-16(2,3)13-10-7-11-15-14(13)12-8-5-4-6-9-12;/h5-11,13-15H,1-4H3;4-8,10-11H,1-3H3;/q2*-1;. The Balaban J connectivity index is 0.000000229. The van der Waals surface area contributed by atoms with Crippen molar-refractivity contribution in [1.82, 2.24) is 9.97 Å². The second-order valence-corrected chi connectivity index (χ2v) is 20.6. The molecule has 0 saturated carbocycles. The monoisotopic (exact) mass is 739 g/mol. The van der Waals surface area contributed by atoms with Crippen LogP contribution in [-0.2, 0) is 20.1 Å². The Labute approximate surface area is 257 Å². The van der Waals surface area contributed by atoms with Gasteiger partial charge >= 0.3 is 0 Å². The van der Waals surface area contributed by atoms with Gasteiger partial charge in [-0.25, -0.2) is 10.0 Å². The van der Waals surface area contributed by atoms with Gasteiger partial charge < -0.3 is 9.97 Å². The molecule has 5 aromatic rings. The van der Waals surface area contributed by atoms with Crippen LogP contribution < -0.4 is 5.19 Å². The first kappa shape index (κ1) is 31.7. The Morgan fingerprint density at radius 1 is 0.700 bits per heavy atom. The summed E-state index contributed by atoms with van der Waals surface area (Å²) in [5.74, 6) is 0. The first-order valence-electron chi connectivity index (χ1n) is 13.2. The number of nitrogens with zero attached hydrogens (tertiary/aromatic N) is 2. The number of benzene rings is 3. The van der Waals surface area contributed by atoms with Crippen molar-refractivity contribution in [3.05, 3.63) is 121 Å². The molecular weight excluding hydrogens is 701 g/mol. The second-order valence-electron chi connectivity index (χ2n) is 11.5. The van der Waals surface area contributed by atoms with Crippen LogP contribution in [-0.4, -0.2) is 36.8 Å². The molecule has 0 N–H and O–H groups in total. The first-order chi connectivity index (χ1) is 18.5. The van der Waals surface area contributed by atoms with Crippen molar-refractivity contribution in [2.24, 2.45) is 0 Å². The number of hydrogen-bond acceptors (Lipinski definition) is 2. The smallest absolute Gasteiger partial charge is 0.0692 e. The van der Waals surface area contributed by atoms with Crippen molar-refractivity contribution in [2.75, 3.05) is 18.8 Å². The molecule has 40 heavy (non-hydrogen) atoms. The van der Waals surface area contributed by atoms with Crippen LogP contribution in [0.2, 0.25) is 19.6 Å². The Morgan fingerprint density at radius 2 is 1.40 bits per heavy atom. The van der Waals surface area contributed by atoms with Gasteiger partial charge in [0, 0.05) is 37.4 Å². The molecule has 5 rings (SSSR count). The Bertz CT molecular complexity index is 1530. The molecule has 0 aliphatic rings. The summed E-state index contributed by atoms with van der Waals surface area (Å²) < 4.78 is 0. The molecule has 2 nitrogen and oxygen atoms in total. The quantitative estimate of drug-likeness (QED) is 0.133. The molecule has 0 saturated heterocycles. The van der Waals surface area contributed by atoms with Crippen LogP contribution in [0.4, 0.5) is 0 Å². The molecule has 0 unspecified atom stereocenters. The minimum atomic E-state index is -1.34. The molecule has 5 heteroatoms. The van der Waals surface area contributed by atoms with Gasteiger partial charge in [-0.05, 0) is 54.3 Å². The molecule has 0 bridgehead atoms. The topological polar surface area (TPSA) is 25.8 Å². The summed E-state index contributed by atoms with van der Waals surface area (Å²) in [7, 11) is -2.10. The summed E-state index contributed by atoms with van der Waals surface area (Å²) in [5, 5.41) is 1.40. The Kier molecular flexibility index (Phi) is 10.9. The molecule has 0 aliphatic heterocycles. The molecule has 2 aromatic heterocycles. The van der Waals surface area contributed by atoms with E-state index in [0.717, 1.165) is 22.5 Å². The van der Waals surface area contributed by atoms with Gasteiger partial charge in [-0.2, -0.15) is 0 Å². The maximum Gasteiger partial charge on any atom is 0.0692 e. The molecule has 0 fully saturated rings. The van der Waals surface area contributed by atoms with Crippen molar-refractivity contribution in [1.29, 1.82) is 0 Å². The van der Waals surface area contributed by atoms with Crippen LogP contribution in [0.3, 0.4) is 0 Å². The van der Waals surface area contributed by atoms with E-state index in [0.29, 0.717) is 0 Å². The fraction of sp³-hybridized carbons (Fsp3) is 0.200. The van der Waals surface area contributed by atoms with E-state index < -0.39 is 18.1 Å². The van der Waals surface area contributed by atoms with Crippen molar-refractivity contribution in [3.8, 4) is 33.6 Å². The van der Waals surface area contributed by atoms with E-state index in [1.807, 2.05) is 48.8 Å². The van der Waals surface area contributed by atoms with Gasteiger partial charge in [0.15, 0.2) is 0 Å². The van der Waals surface area contributed by atoms with Crippen LogP contribution >= 0.6 is 10.0 Å². The molecule has 0 aliphatic carbocycles. The predicted octanol–water partition coefficient (Wildman–Crippen LogP) is 8.67. The summed E-state index contributed by atoms with van der Waals surface area (Å²) in [4.78, 5) is 10.6. The van der Waals surface area contributed by atoms with Gasteiger partial charge in [0.05, 0.1) is 8.07 Å². The van der Waals surface area contributed by atoms with E-state index >= 15 is 0 Å². The molecule has 1 radical (unpaired) electrons. The SMILES string of the molecule is C[Si](C)(C)c1cccnc1-c1[c-]cccc1.Cc1cc(-c2[c-]ccc(-c3ccccc3)c2)ncc1S(C)(C)C.[Ir]. The number of aromatic nitrogens is 2. The molecule has 3 aromatic carbocycles. The zero-order valence-electron chi connectivity index (χ0n) is 24.5. The summed E-state index contributed by atoms with van der Waals surface area (Å²) in [6, 6.07) is 37.7. The van der Waals surface area contributed by atoms with Crippen LogP contribution in [0.25, 0.3) is 33.6 Å². The number of rotatable bonds is 5. The molecule has 0 spiro atoms. The van der Waals surface area contributed by atoms with Crippen LogP contribution in [0, 0.1) is 19.1 Å². The molecular formula is C35H38IrN2SSi-2. The van der Waals surface area contributed by atoms with E-state index in [2.05, 4.69) is 117 Å². The van der Waals surface area contributed by atoms with E-state index in [4.69, 9.17) is 4.98 Å².